The zero-order valence-corrected chi connectivity index (χ0v) is 13.1. The summed E-state index contributed by atoms with van der Waals surface area (Å²) in [5.74, 6) is 0.963. The van der Waals surface area contributed by atoms with Crippen molar-refractivity contribution in [1.82, 2.24) is 9.55 Å². The van der Waals surface area contributed by atoms with Gasteiger partial charge in [-0.2, -0.15) is 0 Å². The summed E-state index contributed by atoms with van der Waals surface area (Å²) in [7, 11) is 2.04. The molecule has 0 unspecified atom stereocenters. The largest absolute Gasteiger partial charge is 0.327 e. The average Bonchev–Trinajstić information content (AvgIpc) is 2.78. The maximum atomic E-state index is 5.70. The normalized spacial score (nSPS) is 11.2. The van der Waals surface area contributed by atoms with Crippen molar-refractivity contribution in [2.75, 3.05) is 0 Å². The molecule has 0 aliphatic heterocycles. The molecule has 0 spiro atoms. The molecule has 2 aromatic carbocycles. The van der Waals surface area contributed by atoms with Gasteiger partial charge in [0.2, 0.25) is 0 Å². The van der Waals surface area contributed by atoms with Crippen molar-refractivity contribution in [1.29, 1.82) is 0 Å². The number of imidazole rings is 1. The Morgan fingerprint density at radius 2 is 2.05 bits per heavy atom. The van der Waals surface area contributed by atoms with Crippen molar-refractivity contribution >= 4 is 27.0 Å². The summed E-state index contributed by atoms with van der Waals surface area (Å²) in [6, 6.07) is 12.4. The molecule has 1 heterocycles. The molecule has 20 heavy (non-hydrogen) atoms. The molecule has 3 aromatic rings. The third-order valence-corrected chi connectivity index (χ3v) is 4.67. The molecule has 4 heteroatoms. The number of hydrogen-bond acceptors (Lipinski definition) is 2. The van der Waals surface area contributed by atoms with Crippen molar-refractivity contribution in [2.45, 2.75) is 13.5 Å². The first-order valence-corrected chi connectivity index (χ1v) is 7.32. The van der Waals surface area contributed by atoms with E-state index < -0.39 is 0 Å². The predicted octanol–water partition coefficient (Wildman–Crippen LogP) is 3.77. The van der Waals surface area contributed by atoms with Gasteiger partial charge in [-0.1, -0.05) is 24.3 Å². The molecule has 1 aromatic heterocycles. The van der Waals surface area contributed by atoms with Crippen molar-refractivity contribution in [2.24, 2.45) is 12.8 Å². The van der Waals surface area contributed by atoms with Gasteiger partial charge in [-0.15, -0.1) is 0 Å². The lowest BCUT2D eigenvalue weighted by Crippen LogP contribution is -1.96. The predicted molar refractivity (Wildman–Crippen MR) is 86.5 cm³/mol. The first-order chi connectivity index (χ1) is 9.61. The van der Waals surface area contributed by atoms with Crippen molar-refractivity contribution in [3.05, 3.63) is 52.0 Å². The number of hydrogen-bond donors (Lipinski definition) is 1. The lowest BCUT2D eigenvalue weighted by Gasteiger charge is -2.07. The topological polar surface area (TPSA) is 43.8 Å². The molecule has 0 aliphatic rings. The van der Waals surface area contributed by atoms with Gasteiger partial charge < -0.3 is 10.3 Å². The van der Waals surface area contributed by atoms with Gasteiger partial charge in [-0.3, -0.25) is 0 Å². The molecule has 3 rings (SSSR count). The Hall–Kier alpha value is -1.65. The number of aromatic nitrogens is 2. The van der Waals surface area contributed by atoms with Crippen LogP contribution >= 0.6 is 15.9 Å². The van der Waals surface area contributed by atoms with Gasteiger partial charge in [0, 0.05) is 23.6 Å². The van der Waals surface area contributed by atoms with Gasteiger partial charge in [0.1, 0.15) is 5.82 Å². The number of rotatable bonds is 2. The number of fused-ring (bicyclic) bond motifs is 1. The van der Waals surface area contributed by atoms with Crippen molar-refractivity contribution < 1.29 is 0 Å². The van der Waals surface area contributed by atoms with E-state index in [0.717, 1.165) is 32.5 Å². The van der Waals surface area contributed by atoms with Crippen LogP contribution in [-0.4, -0.2) is 9.55 Å². The first-order valence-electron chi connectivity index (χ1n) is 6.52. The van der Waals surface area contributed by atoms with E-state index in [9.17, 15) is 0 Å². The van der Waals surface area contributed by atoms with Crippen LogP contribution in [0.15, 0.2) is 40.9 Å². The fourth-order valence-electron chi connectivity index (χ4n) is 2.43. The Morgan fingerprint density at radius 3 is 2.80 bits per heavy atom. The molecule has 0 atom stereocenters. The van der Waals surface area contributed by atoms with Gasteiger partial charge in [-0.25, -0.2) is 4.98 Å². The first kappa shape index (κ1) is 13.3. The molecule has 3 nitrogen and oxygen atoms in total. The van der Waals surface area contributed by atoms with Crippen LogP contribution in [0.3, 0.4) is 0 Å². The molecule has 0 radical (unpaired) electrons. The summed E-state index contributed by atoms with van der Waals surface area (Å²) in [4.78, 5) is 4.77. The van der Waals surface area contributed by atoms with Gasteiger partial charge in [0.25, 0.3) is 0 Å². The molecule has 0 fully saturated rings. The number of aryl methyl sites for hydroxylation is 2. The van der Waals surface area contributed by atoms with E-state index in [0.29, 0.717) is 6.54 Å². The summed E-state index contributed by atoms with van der Waals surface area (Å²) in [6.07, 6.45) is 0. The maximum absolute atomic E-state index is 5.70. The van der Waals surface area contributed by atoms with E-state index in [4.69, 9.17) is 10.7 Å². The molecule has 102 valence electrons. The Morgan fingerprint density at radius 1 is 1.25 bits per heavy atom. The second-order valence-corrected chi connectivity index (χ2v) is 5.75. The molecule has 0 saturated heterocycles. The number of benzene rings is 2. The molecule has 0 aliphatic carbocycles. The Bertz CT molecular complexity index is 790. The van der Waals surface area contributed by atoms with Crippen LogP contribution in [0.25, 0.3) is 22.4 Å². The monoisotopic (exact) mass is 329 g/mol. The number of halogens is 1. The van der Waals surface area contributed by atoms with Crippen LogP contribution in [0, 0.1) is 6.92 Å². The lowest BCUT2D eigenvalue weighted by atomic mass is 10.1. The third-order valence-electron chi connectivity index (χ3n) is 3.61. The standard InChI is InChI=1S/C16H16BrN3/c1-10-4-3-5-12(15(10)17)16-19-13-8-11(9-18)6-7-14(13)20(16)2/h3-8H,9,18H2,1-2H3. The van der Waals surface area contributed by atoms with Gasteiger partial charge in [0.15, 0.2) is 0 Å². The molecular formula is C16H16BrN3. The minimum Gasteiger partial charge on any atom is -0.327 e. The van der Waals surface area contributed by atoms with Crippen LogP contribution in [-0.2, 0) is 13.6 Å². The van der Waals surface area contributed by atoms with Crippen LogP contribution in [0.4, 0.5) is 0 Å². The molecule has 0 bridgehead atoms. The second kappa shape index (κ2) is 5.04. The Balaban J connectivity index is 2.26. The highest BCUT2D eigenvalue weighted by Gasteiger charge is 2.13. The molecule has 0 amide bonds. The van der Waals surface area contributed by atoms with Gasteiger partial charge in [0.05, 0.1) is 11.0 Å². The maximum Gasteiger partial charge on any atom is 0.142 e. The van der Waals surface area contributed by atoms with Crippen LogP contribution < -0.4 is 5.73 Å². The molecule has 0 saturated carbocycles. The quantitative estimate of drug-likeness (QED) is 0.777. The zero-order valence-electron chi connectivity index (χ0n) is 11.5. The SMILES string of the molecule is Cc1cccc(-c2nc3cc(CN)ccc3n2C)c1Br. The molecular weight excluding hydrogens is 314 g/mol. The van der Waals surface area contributed by atoms with E-state index in [2.05, 4.69) is 63.8 Å². The Labute approximate surface area is 126 Å². The average molecular weight is 330 g/mol. The summed E-state index contributed by atoms with van der Waals surface area (Å²) < 4.78 is 3.22. The van der Waals surface area contributed by atoms with Crippen molar-refractivity contribution in [3.8, 4) is 11.4 Å². The molecule has 2 N–H and O–H groups in total. The zero-order chi connectivity index (χ0) is 14.3. The van der Waals surface area contributed by atoms with E-state index in [1.54, 1.807) is 0 Å². The third kappa shape index (κ3) is 2.05. The summed E-state index contributed by atoms with van der Waals surface area (Å²) in [5.41, 5.74) is 11.2. The summed E-state index contributed by atoms with van der Waals surface area (Å²) in [6.45, 7) is 2.62. The fourth-order valence-corrected chi connectivity index (χ4v) is 2.88. The summed E-state index contributed by atoms with van der Waals surface area (Å²) >= 11 is 3.66. The second-order valence-electron chi connectivity index (χ2n) is 4.96. The van der Waals surface area contributed by atoms with Gasteiger partial charge in [-0.05, 0) is 46.1 Å². The van der Waals surface area contributed by atoms with Crippen molar-refractivity contribution in [3.63, 3.8) is 0 Å². The van der Waals surface area contributed by atoms with Gasteiger partial charge >= 0.3 is 0 Å². The summed E-state index contributed by atoms with van der Waals surface area (Å²) in [5, 5.41) is 0. The van der Waals surface area contributed by atoms with E-state index >= 15 is 0 Å². The van der Waals surface area contributed by atoms with Crippen LogP contribution in [0.5, 0.6) is 0 Å². The van der Waals surface area contributed by atoms with E-state index in [1.807, 2.05) is 7.05 Å². The minimum atomic E-state index is 0.538. The van der Waals surface area contributed by atoms with Crippen LogP contribution in [0.1, 0.15) is 11.1 Å². The van der Waals surface area contributed by atoms with E-state index in [1.165, 1.54) is 5.56 Å². The number of nitrogens with two attached hydrogens (primary N) is 1. The lowest BCUT2D eigenvalue weighted by molar-refractivity contribution is 0.957. The smallest absolute Gasteiger partial charge is 0.142 e. The highest BCUT2D eigenvalue weighted by molar-refractivity contribution is 9.10. The number of nitrogens with zero attached hydrogens (tertiary/aromatic N) is 2. The fraction of sp³-hybridized carbons (Fsp3) is 0.188. The highest BCUT2D eigenvalue weighted by atomic mass is 79.9. The highest BCUT2D eigenvalue weighted by Crippen LogP contribution is 2.32. The van der Waals surface area contributed by atoms with E-state index in [-0.39, 0.29) is 0 Å². The Kier molecular flexibility index (Phi) is 3.36. The minimum absolute atomic E-state index is 0.538. The van der Waals surface area contributed by atoms with Crippen LogP contribution in [0.2, 0.25) is 0 Å².